The Bertz CT molecular complexity index is 283. The molecular formula is C11H20N4. The molecule has 1 heterocycles. The molecule has 0 radical (unpaired) electrons. The lowest BCUT2D eigenvalue weighted by Gasteiger charge is -2.27. The molecule has 1 atom stereocenters. The lowest BCUT2D eigenvalue weighted by Crippen LogP contribution is -2.33. The van der Waals surface area contributed by atoms with Crippen molar-refractivity contribution < 1.29 is 0 Å². The van der Waals surface area contributed by atoms with Gasteiger partial charge in [0.1, 0.15) is 0 Å². The Morgan fingerprint density at radius 2 is 2.07 bits per heavy atom. The van der Waals surface area contributed by atoms with E-state index in [0.29, 0.717) is 12.6 Å². The molecule has 0 spiro atoms. The fourth-order valence-corrected chi connectivity index (χ4v) is 1.53. The highest BCUT2D eigenvalue weighted by molar-refractivity contribution is 5.38. The van der Waals surface area contributed by atoms with Gasteiger partial charge < -0.3 is 10.6 Å². The van der Waals surface area contributed by atoms with Gasteiger partial charge in [-0.05, 0) is 32.4 Å². The molecule has 1 unspecified atom stereocenters. The van der Waals surface area contributed by atoms with Gasteiger partial charge in [0.15, 0.2) is 5.82 Å². The summed E-state index contributed by atoms with van der Waals surface area (Å²) in [5, 5.41) is 8.25. The molecule has 1 aromatic heterocycles. The molecule has 2 N–H and O–H groups in total. The average molecular weight is 208 g/mol. The zero-order valence-electron chi connectivity index (χ0n) is 9.77. The third-order valence-corrected chi connectivity index (χ3v) is 2.67. The highest BCUT2D eigenvalue weighted by Crippen LogP contribution is 2.14. The number of nitrogens with two attached hydrogens (primary N) is 1. The first-order chi connectivity index (χ1) is 7.22. The molecule has 1 rings (SSSR count). The highest BCUT2D eigenvalue weighted by atomic mass is 15.3. The maximum absolute atomic E-state index is 5.48. The molecule has 4 heteroatoms. The number of hydrogen-bond acceptors (Lipinski definition) is 4. The van der Waals surface area contributed by atoms with E-state index in [1.807, 2.05) is 12.1 Å². The van der Waals surface area contributed by atoms with Crippen LogP contribution >= 0.6 is 0 Å². The van der Waals surface area contributed by atoms with Crippen LogP contribution < -0.4 is 10.6 Å². The van der Waals surface area contributed by atoms with Crippen molar-refractivity contribution in [2.24, 2.45) is 5.73 Å². The van der Waals surface area contributed by atoms with Crippen LogP contribution in [-0.4, -0.2) is 22.8 Å². The van der Waals surface area contributed by atoms with Gasteiger partial charge in [-0.15, -0.1) is 5.10 Å². The summed E-state index contributed by atoms with van der Waals surface area (Å²) in [6.45, 7) is 7.90. The molecule has 4 nitrogen and oxygen atoms in total. The van der Waals surface area contributed by atoms with Crippen molar-refractivity contribution in [2.75, 3.05) is 11.4 Å². The Morgan fingerprint density at radius 3 is 2.47 bits per heavy atom. The number of hydrogen-bond donors (Lipinski definition) is 1. The molecule has 0 bridgehead atoms. The Hall–Kier alpha value is -1.16. The standard InChI is InChI=1S/C11H20N4/c1-4-9(3)15(5-2)11-7-6-10(8-12)13-14-11/h6-7,9H,4-5,8,12H2,1-3H3. The largest absolute Gasteiger partial charge is 0.353 e. The average Bonchev–Trinajstić information content (AvgIpc) is 2.30. The molecule has 0 aromatic carbocycles. The van der Waals surface area contributed by atoms with Gasteiger partial charge in [0.25, 0.3) is 0 Å². The second kappa shape index (κ2) is 5.66. The van der Waals surface area contributed by atoms with Gasteiger partial charge in [-0.1, -0.05) is 6.92 Å². The topological polar surface area (TPSA) is 55.0 Å². The third-order valence-electron chi connectivity index (χ3n) is 2.67. The van der Waals surface area contributed by atoms with E-state index in [4.69, 9.17) is 5.73 Å². The number of anilines is 1. The summed E-state index contributed by atoms with van der Waals surface area (Å²) >= 11 is 0. The van der Waals surface area contributed by atoms with Crippen molar-refractivity contribution in [3.05, 3.63) is 17.8 Å². The molecule has 0 saturated carbocycles. The summed E-state index contributed by atoms with van der Waals surface area (Å²) in [7, 11) is 0. The van der Waals surface area contributed by atoms with Crippen molar-refractivity contribution in [2.45, 2.75) is 39.8 Å². The van der Waals surface area contributed by atoms with Crippen molar-refractivity contribution in [1.29, 1.82) is 0 Å². The maximum atomic E-state index is 5.48. The van der Waals surface area contributed by atoms with Crippen LogP contribution in [0.3, 0.4) is 0 Å². The van der Waals surface area contributed by atoms with Crippen LogP contribution in [0.2, 0.25) is 0 Å². The summed E-state index contributed by atoms with van der Waals surface area (Å²) in [5.41, 5.74) is 6.31. The van der Waals surface area contributed by atoms with Crippen LogP contribution in [-0.2, 0) is 6.54 Å². The number of nitrogens with zero attached hydrogens (tertiary/aromatic N) is 3. The van der Waals surface area contributed by atoms with Crippen LogP contribution in [0.25, 0.3) is 0 Å². The summed E-state index contributed by atoms with van der Waals surface area (Å²) in [6, 6.07) is 4.42. The van der Waals surface area contributed by atoms with E-state index >= 15 is 0 Å². The van der Waals surface area contributed by atoms with Crippen molar-refractivity contribution in [1.82, 2.24) is 10.2 Å². The molecule has 1 aromatic rings. The van der Waals surface area contributed by atoms with Crippen LogP contribution in [0.5, 0.6) is 0 Å². The Labute approximate surface area is 91.5 Å². The fraction of sp³-hybridized carbons (Fsp3) is 0.636. The van der Waals surface area contributed by atoms with Gasteiger partial charge in [0, 0.05) is 19.1 Å². The van der Waals surface area contributed by atoms with E-state index in [1.165, 1.54) is 0 Å². The van der Waals surface area contributed by atoms with E-state index in [-0.39, 0.29) is 0 Å². The smallest absolute Gasteiger partial charge is 0.151 e. The summed E-state index contributed by atoms with van der Waals surface area (Å²) < 4.78 is 0. The predicted molar refractivity (Wildman–Crippen MR) is 62.7 cm³/mol. The lowest BCUT2D eigenvalue weighted by molar-refractivity contribution is 0.618. The molecule has 0 aliphatic carbocycles. The molecule has 0 aliphatic heterocycles. The second-order valence-electron chi connectivity index (χ2n) is 3.63. The predicted octanol–water partition coefficient (Wildman–Crippen LogP) is 1.56. The second-order valence-corrected chi connectivity index (χ2v) is 3.63. The van der Waals surface area contributed by atoms with Gasteiger partial charge in [-0.2, -0.15) is 5.10 Å². The lowest BCUT2D eigenvalue weighted by atomic mass is 10.2. The van der Waals surface area contributed by atoms with Crippen molar-refractivity contribution in [3.8, 4) is 0 Å². The van der Waals surface area contributed by atoms with E-state index in [2.05, 4.69) is 35.9 Å². The highest BCUT2D eigenvalue weighted by Gasteiger charge is 2.12. The monoisotopic (exact) mass is 208 g/mol. The minimum Gasteiger partial charge on any atom is -0.353 e. The van der Waals surface area contributed by atoms with Gasteiger partial charge in [-0.3, -0.25) is 0 Å². The molecule has 84 valence electrons. The summed E-state index contributed by atoms with van der Waals surface area (Å²) in [4.78, 5) is 2.24. The van der Waals surface area contributed by atoms with Gasteiger partial charge >= 0.3 is 0 Å². The van der Waals surface area contributed by atoms with E-state index in [9.17, 15) is 0 Å². The number of rotatable bonds is 5. The summed E-state index contributed by atoms with van der Waals surface area (Å²) in [5.74, 6) is 0.934. The quantitative estimate of drug-likeness (QED) is 0.798. The fourth-order valence-electron chi connectivity index (χ4n) is 1.53. The van der Waals surface area contributed by atoms with Gasteiger partial charge in [0.05, 0.1) is 5.69 Å². The molecule has 15 heavy (non-hydrogen) atoms. The van der Waals surface area contributed by atoms with Gasteiger partial charge in [0.2, 0.25) is 0 Å². The molecular weight excluding hydrogens is 188 g/mol. The van der Waals surface area contributed by atoms with Crippen molar-refractivity contribution in [3.63, 3.8) is 0 Å². The first-order valence-electron chi connectivity index (χ1n) is 5.52. The summed E-state index contributed by atoms with van der Waals surface area (Å²) in [6.07, 6.45) is 1.11. The normalized spacial score (nSPS) is 12.5. The Morgan fingerprint density at radius 1 is 1.33 bits per heavy atom. The minimum atomic E-state index is 0.447. The van der Waals surface area contributed by atoms with Gasteiger partial charge in [-0.25, -0.2) is 0 Å². The van der Waals surface area contributed by atoms with E-state index < -0.39 is 0 Å². The van der Waals surface area contributed by atoms with E-state index in [0.717, 1.165) is 24.5 Å². The van der Waals surface area contributed by atoms with Crippen LogP contribution in [0, 0.1) is 0 Å². The van der Waals surface area contributed by atoms with Crippen LogP contribution in [0.4, 0.5) is 5.82 Å². The van der Waals surface area contributed by atoms with Crippen LogP contribution in [0.1, 0.15) is 32.9 Å². The minimum absolute atomic E-state index is 0.447. The SMILES string of the molecule is CCC(C)N(CC)c1ccc(CN)nn1. The van der Waals surface area contributed by atoms with Crippen molar-refractivity contribution >= 4 is 5.82 Å². The molecule has 0 aliphatic rings. The third kappa shape index (κ3) is 2.89. The number of aromatic nitrogens is 2. The first-order valence-corrected chi connectivity index (χ1v) is 5.52. The maximum Gasteiger partial charge on any atom is 0.151 e. The molecule has 0 saturated heterocycles. The Balaban J connectivity index is 2.83. The zero-order valence-corrected chi connectivity index (χ0v) is 9.77. The first kappa shape index (κ1) is 11.9. The van der Waals surface area contributed by atoms with Crippen LogP contribution in [0.15, 0.2) is 12.1 Å². The molecule has 0 amide bonds. The molecule has 0 fully saturated rings. The van der Waals surface area contributed by atoms with E-state index in [1.54, 1.807) is 0 Å². The zero-order chi connectivity index (χ0) is 11.3. The Kier molecular flexibility index (Phi) is 4.49.